The molecule has 1 saturated heterocycles. The molecule has 9 heteroatoms. The Balaban J connectivity index is 1.48. The smallest absolute Gasteiger partial charge is 0.223 e. The molecule has 0 amide bonds. The van der Waals surface area contributed by atoms with E-state index in [1.807, 2.05) is 12.1 Å². The van der Waals surface area contributed by atoms with E-state index in [9.17, 15) is 4.39 Å². The molecule has 32 heavy (non-hydrogen) atoms. The fourth-order valence-electron chi connectivity index (χ4n) is 3.42. The van der Waals surface area contributed by atoms with Crippen LogP contribution in [-0.2, 0) is 16.0 Å². The van der Waals surface area contributed by atoms with Gasteiger partial charge in [-0.2, -0.15) is 0 Å². The Labute approximate surface area is 183 Å². The highest BCUT2D eigenvalue weighted by atomic mass is 19.1. The van der Waals surface area contributed by atoms with E-state index in [-0.39, 0.29) is 5.82 Å². The highest BCUT2D eigenvalue weighted by Gasteiger charge is 2.24. The molecule has 4 aromatic rings. The summed E-state index contributed by atoms with van der Waals surface area (Å²) in [5, 5.41) is 3.21. The van der Waals surface area contributed by atoms with Gasteiger partial charge in [0.15, 0.2) is 5.82 Å². The summed E-state index contributed by atoms with van der Waals surface area (Å²) < 4.78 is 24.9. The van der Waals surface area contributed by atoms with Crippen molar-refractivity contribution < 1.29 is 13.9 Å². The van der Waals surface area contributed by atoms with Crippen LogP contribution < -0.4 is 5.32 Å². The first kappa shape index (κ1) is 20.2. The fourth-order valence-corrected chi connectivity index (χ4v) is 3.42. The van der Waals surface area contributed by atoms with Crippen LogP contribution in [0, 0.1) is 5.82 Å². The van der Waals surface area contributed by atoms with Gasteiger partial charge < -0.3 is 19.8 Å². The number of halogens is 1. The molecular weight excluding hydrogens is 411 g/mol. The van der Waals surface area contributed by atoms with Crippen LogP contribution in [0.5, 0.6) is 0 Å². The van der Waals surface area contributed by atoms with Gasteiger partial charge in [0.1, 0.15) is 5.82 Å². The number of nitrogens with zero attached hydrogens (tertiary/aromatic N) is 4. The van der Waals surface area contributed by atoms with Crippen LogP contribution in [0.25, 0.3) is 22.6 Å². The molecule has 1 aliphatic heterocycles. The molecule has 162 valence electrons. The quantitative estimate of drug-likeness (QED) is 0.473. The normalized spacial score (nSPS) is 14.4. The van der Waals surface area contributed by atoms with Crippen LogP contribution >= 0.6 is 0 Å². The summed E-state index contributed by atoms with van der Waals surface area (Å²) in [5.41, 5.74) is 3.72. The molecule has 1 fully saturated rings. The second-order valence-corrected chi connectivity index (χ2v) is 7.26. The third-order valence-electron chi connectivity index (χ3n) is 4.98. The van der Waals surface area contributed by atoms with Gasteiger partial charge in [-0.3, -0.25) is 4.98 Å². The van der Waals surface area contributed by atoms with Crippen molar-refractivity contribution in [2.45, 2.75) is 19.3 Å². The zero-order chi connectivity index (χ0) is 21.8. The lowest BCUT2D eigenvalue weighted by molar-refractivity contribution is -0.186. The lowest BCUT2D eigenvalue weighted by Crippen LogP contribution is -2.18. The first-order valence-electron chi connectivity index (χ1n) is 10.3. The van der Waals surface area contributed by atoms with E-state index in [1.165, 1.54) is 12.1 Å². The van der Waals surface area contributed by atoms with Crippen LogP contribution in [0.4, 0.5) is 10.3 Å². The molecule has 2 N–H and O–H groups in total. The van der Waals surface area contributed by atoms with Gasteiger partial charge in [0, 0.05) is 30.7 Å². The van der Waals surface area contributed by atoms with Crippen molar-refractivity contribution in [1.82, 2.24) is 24.9 Å². The Bertz CT molecular complexity index is 1180. The Morgan fingerprint density at radius 3 is 2.66 bits per heavy atom. The molecule has 1 aromatic carbocycles. The first-order valence-corrected chi connectivity index (χ1v) is 10.3. The van der Waals surface area contributed by atoms with E-state index in [4.69, 9.17) is 14.5 Å². The number of imidazole rings is 1. The number of anilines is 1. The maximum atomic E-state index is 13.5. The van der Waals surface area contributed by atoms with Crippen molar-refractivity contribution in [2.75, 3.05) is 18.5 Å². The van der Waals surface area contributed by atoms with E-state index >= 15 is 0 Å². The highest BCUT2D eigenvalue weighted by molar-refractivity contribution is 5.77. The third-order valence-corrected chi connectivity index (χ3v) is 4.98. The molecule has 0 unspecified atom stereocenters. The van der Waals surface area contributed by atoms with Crippen LogP contribution in [0.3, 0.4) is 0 Å². The second kappa shape index (κ2) is 9.21. The maximum Gasteiger partial charge on any atom is 0.223 e. The predicted octanol–water partition coefficient (Wildman–Crippen LogP) is 4.12. The predicted molar refractivity (Wildman–Crippen MR) is 116 cm³/mol. The van der Waals surface area contributed by atoms with E-state index in [1.54, 1.807) is 36.8 Å². The van der Waals surface area contributed by atoms with Gasteiger partial charge in [0.05, 0.1) is 30.3 Å². The minimum Gasteiger partial charge on any atom is -0.350 e. The molecule has 4 heterocycles. The number of rotatable bonds is 6. The summed E-state index contributed by atoms with van der Waals surface area (Å²) in [6, 6.07) is 11.8. The molecule has 0 atom stereocenters. The van der Waals surface area contributed by atoms with E-state index in [0.717, 1.165) is 17.5 Å². The van der Waals surface area contributed by atoms with Gasteiger partial charge in [-0.05, 0) is 48.4 Å². The summed E-state index contributed by atoms with van der Waals surface area (Å²) in [6.07, 6.45) is 5.45. The number of benzene rings is 1. The molecule has 0 bridgehead atoms. The first-order chi connectivity index (χ1) is 15.8. The molecule has 0 spiro atoms. The van der Waals surface area contributed by atoms with Crippen LogP contribution in [0.1, 0.15) is 24.1 Å². The number of nitrogens with one attached hydrogen (secondary N) is 2. The Kier molecular flexibility index (Phi) is 5.82. The minimum atomic E-state index is -0.582. The largest absolute Gasteiger partial charge is 0.350 e. The number of pyridine rings is 1. The number of hydrogen-bond acceptors (Lipinski definition) is 7. The summed E-state index contributed by atoms with van der Waals surface area (Å²) >= 11 is 0. The molecule has 0 radical (unpaired) electrons. The van der Waals surface area contributed by atoms with E-state index in [0.29, 0.717) is 48.6 Å². The number of H-pyrrole nitrogens is 1. The van der Waals surface area contributed by atoms with Crippen molar-refractivity contribution in [3.8, 4) is 22.6 Å². The van der Waals surface area contributed by atoms with E-state index < -0.39 is 6.29 Å². The molecule has 3 aromatic heterocycles. The number of aromatic amines is 1. The standard InChI is InChI=1S/C23H21FN6O2/c24-17-6-4-16(5-7-17)19-20(30-21(29-19)22-31-11-2-12-32-22)18-8-10-26-23(28-18)27-14-15-3-1-9-25-13-15/h1,3-10,13,22H,2,11-12,14H2,(H,29,30)(H,26,27,28). The van der Waals surface area contributed by atoms with Crippen molar-refractivity contribution in [3.05, 3.63) is 78.3 Å². The lowest BCUT2D eigenvalue weighted by atomic mass is 10.1. The molecule has 5 rings (SSSR count). The summed E-state index contributed by atoms with van der Waals surface area (Å²) in [6.45, 7) is 1.74. The van der Waals surface area contributed by atoms with Crippen LogP contribution in [0.15, 0.2) is 61.1 Å². The zero-order valence-electron chi connectivity index (χ0n) is 17.2. The van der Waals surface area contributed by atoms with Gasteiger partial charge in [0.2, 0.25) is 12.2 Å². The lowest BCUT2D eigenvalue weighted by Gasteiger charge is -2.21. The Morgan fingerprint density at radius 2 is 1.88 bits per heavy atom. The molecule has 8 nitrogen and oxygen atoms in total. The SMILES string of the molecule is Fc1ccc(-c2nc(C3OCCCO3)[nH]c2-c2ccnc(NCc3cccnc3)n2)cc1. The molecule has 0 aliphatic carbocycles. The zero-order valence-corrected chi connectivity index (χ0v) is 17.2. The van der Waals surface area contributed by atoms with Gasteiger partial charge in [-0.15, -0.1) is 0 Å². The third kappa shape index (κ3) is 4.48. The number of aromatic nitrogens is 5. The monoisotopic (exact) mass is 432 g/mol. The van der Waals surface area contributed by atoms with Crippen LogP contribution in [-0.4, -0.2) is 38.1 Å². The fraction of sp³-hybridized carbons (Fsp3) is 0.217. The summed E-state index contributed by atoms with van der Waals surface area (Å²) in [7, 11) is 0. The van der Waals surface area contributed by atoms with Gasteiger partial charge >= 0.3 is 0 Å². The van der Waals surface area contributed by atoms with Gasteiger partial charge in [0.25, 0.3) is 0 Å². The molecule has 1 aliphatic rings. The second-order valence-electron chi connectivity index (χ2n) is 7.26. The highest BCUT2D eigenvalue weighted by Crippen LogP contribution is 2.32. The van der Waals surface area contributed by atoms with Crippen molar-refractivity contribution in [2.24, 2.45) is 0 Å². The van der Waals surface area contributed by atoms with Crippen molar-refractivity contribution in [3.63, 3.8) is 0 Å². The van der Waals surface area contributed by atoms with Crippen LogP contribution in [0.2, 0.25) is 0 Å². The van der Waals surface area contributed by atoms with Gasteiger partial charge in [-0.25, -0.2) is 19.3 Å². The number of ether oxygens (including phenoxy) is 2. The average molecular weight is 432 g/mol. The summed E-state index contributed by atoms with van der Waals surface area (Å²) in [4.78, 5) is 21.1. The average Bonchev–Trinajstić information content (AvgIpc) is 3.30. The number of hydrogen-bond donors (Lipinski definition) is 2. The molecular formula is C23H21FN6O2. The van der Waals surface area contributed by atoms with Crippen molar-refractivity contribution in [1.29, 1.82) is 0 Å². The van der Waals surface area contributed by atoms with Crippen molar-refractivity contribution >= 4 is 5.95 Å². The Morgan fingerprint density at radius 1 is 1.03 bits per heavy atom. The minimum absolute atomic E-state index is 0.311. The summed E-state index contributed by atoms with van der Waals surface area (Å²) in [5.74, 6) is 0.703. The molecule has 0 saturated carbocycles. The maximum absolute atomic E-state index is 13.5. The van der Waals surface area contributed by atoms with Gasteiger partial charge in [-0.1, -0.05) is 6.07 Å². The van der Waals surface area contributed by atoms with E-state index in [2.05, 4.69) is 25.3 Å². The topological polar surface area (TPSA) is 97.8 Å². The Hall–Kier alpha value is -3.69.